The second-order valence-electron chi connectivity index (χ2n) is 4.69. The van der Waals surface area contributed by atoms with Gasteiger partial charge in [-0.05, 0) is 31.4 Å². The largest absolute Gasteiger partial charge is 0.377 e. The van der Waals surface area contributed by atoms with Gasteiger partial charge in [0, 0.05) is 19.7 Å². The van der Waals surface area contributed by atoms with Gasteiger partial charge in [0.2, 0.25) is 0 Å². The molecule has 4 heteroatoms. The Labute approximate surface area is 111 Å². The first-order chi connectivity index (χ1) is 8.92. The minimum atomic E-state index is 0.396. The molecule has 96 valence electrons. The van der Waals surface area contributed by atoms with Gasteiger partial charge in [0.25, 0.3) is 0 Å². The molecule has 1 aliphatic rings. The Morgan fingerprint density at radius 1 is 1.33 bits per heavy atom. The van der Waals surface area contributed by atoms with Crippen LogP contribution in [0.1, 0.15) is 24.3 Å². The average Bonchev–Trinajstić information content (AvgIpc) is 2.82. The van der Waals surface area contributed by atoms with Crippen LogP contribution in [0.4, 0.5) is 0 Å². The molecule has 0 spiro atoms. The van der Waals surface area contributed by atoms with Crippen LogP contribution in [-0.4, -0.2) is 24.2 Å². The molecule has 1 saturated heterocycles. The topological polar surface area (TPSA) is 34.1 Å². The predicted octanol–water partition coefficient (Wildman–Crippen LogP) is 2.96. The van der Waals surface area contributed by atoms with Crippen LogP contribution in [0.5, 0.6) is 0 Å². The Hall–Kier alpha value is -0.970. The molecule has 1 aromatic heterocycles. The van der Waals surface area contributed by atoms with Crippen LogP contribution in [0, 0.1) is 0 Å². The number of rotatable bonds is 4. The third kappa shape index (κ3) is 2.88. The van der Waals surface area contributed by atoms with Gasteiger partial charge in [-0.25, -0.2) is 4.98 Å². The van der Waals surface area contributed by atoms with Crippen molar-refractivity contribution in [1.82, 2.24) is 10.3 Å². The summed E-state index contributed by atoms with van der Waals surface area (Å²) in [6.45, 7) is 2.71. The van der Waals surface area contributed by atoms with E-state index in [9.17, 15) is 0 Å². The van der Waals surface area contributed by atoms with Gasteiger partial charge >= 0.3 is 0 Å². The maximum absolute atomic E-state index is 5.70. The smallest absolute Gasteiger partial charge is 0.108 e. The average molecular weight is 262 g/mol. The van der Waals surface area contributed by atoms with Crippen molar-refractivity contribution in [3.63, 3.8) is 0 Å². The number of thiazole rings is 1. The van der Waals surface area contributed by atoms with E-state index >= 15 is 0 Å². The molecule has 1 fully saturated rings. The van der Waals surface area contributed by atoms with E-state index in [1.807, 2.05) is 6.07 Å². The summed E-state index contributed by atoms with van der Waals surface area (Å²) in [7, 11) is 0. The van der Waals surface area contributed by atoms with Crippen molar-refractivity contribution in [2.45, 2.75) is 31.9 Å². The molecule has 1 atom stereocenters. The Morgan fingerprint density at radius 2 is 2.28 bits per heavy atom. The zero-order valence-corrected chi connectivity index (χ0v) is 11.2. The molecule has 1 aliphatic heterocycles. The molecule has 3 nitrogen and oxygen atoms in total. The second kappa shape index (κ2) is 5.78. The lowest BCUT2D eigenvalue weighted by atomic mass is 10.1. The monoisotopic (exact) mass is 262 g/mol. The minimum Gasteiger partial charge on any atom is -0.377 e. The van der Waals surface area contributed by atoms with Crippen molar-refractivity contribution in [3.05, 3.63) is 29.3 Å². The van der Waals surface area contributed by atoms with Crippen molar-refractivity contribution in [2.24, 2.45) is 0 Å². The van der Waals surface area contributed by atoms with Crippen LogP contribution in [0.15, 0.2) is 24.3 Å². The molecule has 0 saturated carbocycles. The Morgan fingerprint density at radius 3 is 3.11 bits per heavy atom. The van der Waals surface area contributed by atoms with Gasteiger partial charge < -0.3 is 10.1 Å². The summed E-state index contributed by atoms with van der Waals surface area (Å²) in [5.41, 5.74) is 1.10. The van der Waals surface area contributed by atoms with Crippen LogP contribution in [0.2, 0.25) is 0 Å². The summed E-state index contributed by atoms with van der Waals surface area (Å²) in [4.78, 5) is 4.61. The minimum absolute atomic E-state index is 0.396. The van der Waals surface area contributed by atoms with E-state index in [0.717, 1.165) is 30.2 Å². The van der Waals surface area contributed by atoms with Crippen molar-refractivity contribution >= 4 is 21.6 Å². The molecule has 0 amide bonds. The fraction of sp³-hybridized carbons (Fsp3) is 0.500. The third-order valence-electron chi connectivity index (χ3n) is 3.26. The standard InChI is InChI=1S/C14H18N2OS/c1-2-7-13-12(6-1)16-14(18-13)10-15-9-11-5-3-4-8-17-11/h1-2,6-7,11,15H,3-5,8-10H2. The maximum Gasteiger partial charge on any atom is 0.108 e. The summed E-state index contributed by atoms with van der Waals surface area (Å²) in [5.74, 6) is 0. The van der Waals surface area contributed by atoms with Gasteiger partial charge in [-0.1, -0.05) is 12.1 Å². The fourth-order valence-corrected chi connectivity index (χ4v) is 3.24. The number of nitrogens with one attached hydrogen (secondary N) is 1. The SMILES string of the molecule is c1ccc2sc(CNCC3CCCCO3)nc2c1. The molecule has 2 heterocycles. The van der Waals surface area contributed by atoms with Crippen molar-refractivity contribution in [3.8, 4) is 0 Å². The molecule has 1 aromatic carbocycles. The second-order valence-corrected chi connectivity index (χ2v) is 5.81. The first-order valence-electron chi connectivity index (χ1n) is 6.58. The number of para-hydroxylation sites is 1. The lowest BCUT2D eigenvalue weighted by Gasteiger charge is -2.22. The molecule has 18 heavy (non-hydrogen) atoms. The normalized spacial score (nSPS) is 20.3. The zero-order chi connectivity index (χ0) is 12.2. The van der Waals surface area contributed by atoms with E-state index in [2.05, 4.69) is 28.5 Å². The lowest BCUT2D eigenvalue weighted by Crippen LogP contribution is -2.31. The quantitative estimate of drug-likeness (QED) is 0.920. The number of ether oxygens (including phenoxy) is 1. The number of fused-ring (bicyclic) bond motifs is 1. The van der Waals surface area contributed by atoms with E-state index < -0.39 is 0 Å². The van der Waals surface area contributed by atoms with Gasteiger partial charge in [-0.3, -0.25) is 0 Å². The first-order valence-corrected chi connectivity index (χ1v) is 7.40. The maximum atomic E-state index is 5.70. The van der Waals surface area contributed by atoms with E-state index in [1.54, 1.807) is 11.3 Å². The van der Waals surface area contributed by atoms with Crippen molar-refractivity contribution in [1.29, 1.82) is 0 Å². The van der Waals surface area contributed by atoms with Crippen LogP contribution >= 0.6 is 11.3 Å². The number of hydrogen-bond donors (Lipinski definition) is 1. The highest BCUT2D eigenvalue weighted by Crippen LogP contribution is 2.21. The molecule has 1 unspecified atom stereocenters. The molecule has 0 aliphatic carbocycles. The highest BCUT2D eigenvalue weighted by atomic mass is 32.1. The summed E-state index contributed by atoms with van der Waals surface area (Å²) in [6.07, 6.45) is 4.10. The summed E-state index contributed by atoms with van der Waals surface area (Å²) in [5, 5.41) is 4.61. The zero-order valence-electron chi connectivity index (χ0n) is 10.4. The summed E-state index contributed by atoms with van der Waals surface area (Å²) >= 11 is 1.77. The number of nitrogens with zero attached hydrogens (tertiary/aromatic N) is 1. The van der Waals surface area contributed by atoms with Gasteiger partial charge in [-0.2, -0.15) is 0 Å². The molecule has 0 bridgehead atoms. The Bertz CT molecular complexity index is 472. The van der Waals surface area contributed by atoms with E-state index in [0.29, 0.717) is 6.10 Å². The van der Waals surface area contributed by atoms with Gasteiger partial charge in [-0.15, -0.1) is 11.3 Å². The van der Waals surface area contributed by atoms with Crippen molar-refractivity contribution in [2.75, 3.05) is 13.2 Å². The van der Waals surface area contributed by atoms with Crippen molar-refractivity contribution < 1.29 is 4.74 Å². The molecule has 3 rings (SSSR count). The molecule has 2 aromatic rings. The van der Waals surface area contributed by atoms with Crippen LogP contribution in [-0.2, 0) is 11.3 Å². The van der Waals surface area contributed by atoms with Crippen LogP contribution < -0.4 is 5.32 Å². The van der Waals surface area contributed by atoms with Gasteiger partial charge in [0.15, 0.2) is 0 Å². The number of benzene rings is 1. The molecule has 1 N–H and O–H groups in total. The van der Waals surface area contributed by atoms with Gasteiger partial charge in [0.1, 0.15) is 5.01 Å². The van der Waals surface area contributed by atoms with E-state index in [-0.39, 0.29) is 0 Å². The number of hydrogen-bond acceptors (Lipinski definition) is 4. The summed E-state index contributed by atoms with van der Waals surface area (Å²) in [6, 6.07) is 8.29. The lowest BCUT2D eigenvalue weighted by molar-refractivity contribution is 0.0168. The molecule has 0 radical (unpaired) electrons. The fourth-order valence-electron chi connectivity index (χ4n) is 2.30. The van der Waals surface area contributed by atoms with E-state index in [4.69, 9.17) is 4.74 Å². The van der Waals surface area contributed by atoms with Gasteiger partial charge in [0.05, 0.1) is 16.3 Å². The molecular formula is C14H18N2OS. The van der Waals surface area contributed by atoms with Crippen LogP contribution in [0.3, 0.4) is 0 Å². The molecular weight excluding hydrogens is 244 g/mol. The summed E-state index contributed by atoms with van der Waals surface area (Å²) < 4.78 is 6.96. The Kier molecular flexibility index (Phi) is 3.88. The Balaban J connectivity index is 1.53. The van der Waals surface area contributed by atoms with E-state index in [1.165, 1.54) is 24.0 Å². The predicted molar refractivity (Wildman–Crippen MR) is 74.9 cm³/mol. The van der Waals surface area contributed by atoms with Crippen LogP contribution in [0.25, 0.3) is 10.2 Å². The number of aromatic nitrogens is 1. The highest BCUT2D eigenvalue weighted by molar-refractivity contribution is 7.18. The first kappa shape index (κ1) is 12.1. The third-order valence-corrected chi connectivity index (χ3v) is 4.30. The highest BCUT2D eigenvalue weighted by Gasteiger charge is 2.13.